The lowest BCUT2D eigenvalue weighted by atomic mass is 10.2. The van der Waals surface area contributed by atoms with Gasteiger partial charge in [-0.05, 0) is 63.2 Å². The van der Waals surface area contributed by atoms with Gasteiger partial charge in [0.25, 0.3) is 11.8 Å². The van der Waals surface area contributed by atoms with E-state index in [1.165, 1.54) is 36.4 Å². The van der Waals surface area contributed by atoms with Crippen LogP contribution in [-0.4, -0.2) is 43.2 Å². The maximum absolute atomic E-state index is 12.7. The van der Waals surface area contributed by atoms with Crippen molar-refractivity contribution in [2.75, 3.05) is 25.0 Å². The summed E-state index contributed by atoms with van der Waals surface area (Å²) in [7, 11) is 0. The Morgan fingerprint density at radius 2 is 1.56 bits per heavy atom. The van der Waals surface area contributed by atoms with Crippen molar-refractivity contribution in [2.24, 2.45) is 0 Å². The van der Waals surface area contributed by atoms with Crippen LogP contribution in [0.1, 0.15) is 36.7 Å². The standard InChI is InChI=1S/C23H26F3N3O5/c1-22(2,3)34-21(32)28-12-11-27-20(31)15-7-9-18(10-8-15)33-14-19(30)29-17-6-4-5-16(13-17)23(24,25)26/h4-10,13H,11-12,14H2,1-3H3,(H,27,31)(H,28,32)(H,29,30). The number of alkyl halides is 3. The van der Waals surface area contributed by atoms with Crippen molar-refractivity contribution in [1.82, 2.24) is 10.6 Å². The minimum atomic E-state index is -4.51. The minimum Gasteiger partial charge on any atom is -0.484 e. The molecule has 0 spiro atoms. The van der Waals surface area contributed by atoms with Gasteiger partial charge in [-0.3, -0.25) is 9.59 Å². The Morgan fingerprint density at radius 1 is 0.912 bits per heavy atom. The van der Waals surface area contributed by atoms with Gasteiger partial charge in [0.1, 0.15) is 11.4 Å². The van der Waals surface area contributed by atoms with Gasteiger partial charge in [0.05, 0.1) is 5.56 Å². The fraction of sp³-hybridized carbons (Fsp3) is 0.348. The average Bonchev–Trinajstić information content (AvgIpc) is 2.74. The summed E-state index contributed by atoms with van der Waals surface area (Å²) in [5, 5.41) is 7.49. The van der Waals surface area contributed by atoms with Gasteiger partial charge < -0.3 is 25.4 Å². The molecule has 3 N–H and O–H groups in total. The van der Waals surface area contributed by atoms with Gasteiger partial charge in [0.2, 0.25) is 0 Å². The number of hydrogen-bond acceptors (Lipinski definition) is 5. The number of nitrogens with one attached hydrogen (secondary N) is 3. The van der Waals surface area contributed by atoms with Gasteiger partial charge in [0, 0.05) is 24.3 Å². The fourth-order valence-corrected chi connectivity index (χ4v) is 2.58. The lowest BCUT2D eigenvalue weighted by Gasteiger charge is -2.19. The van der Waals surface area contributed by atoms with Crippen LogP contribution in [0.5, 0.6) is 5.75 Å². The lowest BCUT2D eigenvalue weighted by Crippen LogP contribution is -2.37. The Bertz CT molecular complexity index is 1000. The van der Waals surface area contributed by atoms with Crippen LogP contribution in [0, 0.1) is 0 Å². The van der Waals surface area contributed by atoms with Crippen LogP contribution in [-0.2, 0) is 15.7 Å². The molecule has 0 heterocycles. The SMILES string of the molecule is CC(C)(C)OC(=O)NCCNC(=O)c1ccc(OCC(=O)Nc2cccc(C(F)(F)F)c2)cc1. The first kappa shape index (κ1) is 26.5. The highest BCUT2D eigenvalue weighted by Gasteiger charge is 2.30. The van der Waals surface area contributed by atoms with Crippen molar-refractivity contribution in [1.29, 1.82) is 0 Å². The maximum Gasteiger partial charge on any atom is 0.416 e. The predicted molar refractivity (Wildman–Crippen MR) is 119 cm³/mol. The van der Waals surface area contributed by atoms with E-state index in [1.807, 2.05) is 0 Å². The van der Waals surface area contributed by atoms with E-state index in [0.29, 0.717) is 11.3 Å². The van der Waals surface area contributed by atoms with E-state index in [-0.39, 0.29) is 24.7 Å². The topological polar surface area (TPSA) is 106 Å². The molecule has 0 unspecified atom stereocenters. The van der Waals surface area contributed by atoms with Gasteiger partial charge in [-0.2, -0.15) is 13.2 Å². The first-order valence-electron chi connectivity index (χ1n) is 10.3. The Labute approximate surface area is 194 Å². The quantitative estimate of drug-likeness (QED) is 0.495. The summed E-state index contributed by atoms with van der Waals surface area (Å²) in [6, 6.07) is 10.2. The van der Waals surface area contributed by atoms with Crippen LogP contribution >= 0.6 is 0 Å². The largest absolute Gasteiger partial charge is 0.484 e. The normalized spacial score (nSPS) is 11.4. The molecule has 0 aromatic heterocycles. The zero-order valence-corrected chi connectivity index (χ0v) is 18.9. The molecule has 0 aliphatic carbocycles. The van der Waals surface area contributed by atoms with Crippen LogP contribution in [0.3, 0.4) is 0 Å². The van der Waals surface area contributed by atoms with Crippen LogP contribution in [0.25, 0.3) is 0 Å². The summed E-state index contributed by atoms with van der Waals surface area (Å²) in [5.41, 5.74) is -1.16. The molecule has 0 atom stereocenters. The van der Waals surface area contributed by atoms with Gasteiger partial charge >= 0.3 is 12.3 Å². The molecule has 3 amide bonds. The third-order valence-electron chi connectivity index (χ3n) is 4.04. The molecule has 2 aromatic carbocycles. The number of benzene rings is 2. The molecule has 2 rings (SSSR count). The molecule has 11 heteroatoms. The number of amides is 3. The van der Waals surface area contributed by atoms with Crippen molar-refractivity contribution in [3.05, 3.63) is 59.7 Å². The van der Waals surface area contributed by atoms with Gasteiger partial charge in [-0.15, -0.1) is 0 Å². The number of rotatable bonds is 8. The van der Waals surface area contributed by atoms with Gasteiger partial charge in [0.15, 0.2) is 6.61 Å². The second-order valence-corrected chi connectivity index (χ2v) is 8.12. The molecule has 34 heavy (non-hydrogen) atoms. The molecule has 0 saturated carbocycles. The molecule has 0 radical (unpaired) electrons. The van der Waals surface area contributed by atoms with Crippen molar-refractivity contribution >= 4 is 23.6 Å². The van der Waals surface area contributed by atoms with E-state index >= 15 is 0 Å². The maximum atomic E-state index is 12.7. The summed E-state index contributed by atoms with van der Waals surface area (Å²) in [6.45, 7) is 5.16. The van der Waals surface area contributed by atoms with E-state index in [2.05, 4.69) is 16.0 Å². The monoisotopic (exact) mass is 481 g/mol. The van der Waals surface area contributed by atoms with Crippen molar-refractivity contribution in [3.63, 3.8) is 0 Å². The summed E-state index contributed by atoms with van der Waals surface area (Å²) in [5.74, 6) is -0.721. The first-order valence-corrected chi connectivity index (χ1v) is 10.3. The van der Waals surface area contributed by atoms with Crippen molar-refractivity contribution < 1.29 is 37.0 Å². The van der Waals surface area contributed by atoms with Crippen molar-refractivity contribution in [3.8, 4) is 5.75 Å². The fourth-order valence-electron chi connectivity index (χ4n) is 2.58. The van der Waals surface area contributed by atoms with E-state index in [0.717, 1.165) is 12.1 Å². The second kappa shape index (κ2) is 11.4. The third-order valence-corrected chi connectivity index (χ3v) is 4.04. The number of halogens is 3. The van der Waals surface area contributed by atoms with Crippen LogP contribution < -0.4 is 20.7 Å². The van der Waals surface area contributed by atoms with Crippen molar-refractivity contribution in [2.45, 2.75) is 32.5 Å². The van der Waals surface area contributed by atoms with Crippen LogP contribution in [0.4, 0.5) is 23.7 Å². The summed E-state index contributed by atoms with van der Waals surface area (Å²) in [6.07, 6.45) is -5.10. The Kier molecular flexibility index (Phi) is 8.88. The van der Waals surface area contributed by atoms with Gasteiger partial charge in [-0.1, -0.05) is 6.07 Å². The number of hydrogen-bond donors (Lipinski definition) is 3. The van der Waals surface area contributed by atoms with E-state index in [1.54, 1.807) is 20.8 Å². The molecule has 0 saturated heterocycles. The Morgan fingerprint density at radius 3 is 2.18 bits per heavy atom. The molecule has 0 aliphatic rings. The number of ether oxygens (including phenoxy) is 2. The molecule has 0 aliphatic heterocycles. The number of anilines is 1. The van der Waals surface area contributed by atoms with E-state index < -0.39 is 35.9 Å². The molecule has 2 aromatic rings. The first-order chi connectivity index (χ1) is 15.8. The molecule has 0 bridgehead atoms. The molecule has 8 nitrogen and oxygen atoms in total. The Balaban J connectivity index is 1.75. The smallest absolute Gasteiger partial charge is 0.416 e. The zero-order chi connectivity index (χ0) is 25.4. The molecule has 184 valence electrons. The zero-order valence-electron chi connectivity index (χ0n) is 18.9. The van der Waals surface area contributed by atoms with Crippen LogP contribution in [0.2, 0.25) is 0 Å². The number of carbonyl (C=O) groups is 3. The average molecular weight is 481 g/mol. The summed E-state index contributed by atoms with van der Waals surface area (Å²) >= 11 is 0. The number of alkyl carbamates (subject to hydrolysis) is 1. The highest BCUT2D eigenvalue weighted by Crippen LogP contribution is 2.30. The Hall–Kier alpha value is -3.76. The highest BCUT2D eigenvalue weighted by atomic mass is 19.4. The molecular weight excluding hydrogens is 455 g/mol. The van der Waals surface area contributed by atoms with Gasteiger partial charge in [-0.25, -0.2) is 4.79 Å². The van der Waals surface area contributed by atoms with E-state index in [4.69, 9.17) is 9.47 Å². The summed E-state index contributed by atoms with van der Waals surface area (Å²) < 4.78 is 48.6. The molecule has 0 fully saturated rings. The lowest BCUT2D eigenvalue weighted by molar-refractivity contribution is -0.137. The van der Waals surface area contributed by atoms with E-state index in [9.17, 15) is 27.6 Å². The van der Waals surface area contributed by atoms with Crippen LogP contribution in [0.15, 0.2) is 48.5 Å². The third kappa shape index (κ3) is 9.39. The second-order valence-electron chi connectivity index (χ2n) is 8.12. The number of carbonyl (C=O) groups excluding carboxylic acids is 3. The minimum absolute atomic E-state index is 0.00315. The highest BCUT2D eigenvalue weighted by molar-refractivity contribution is 5.94. The predicted octanol–water partition coefficient (Wildman–Crippen LogP) is 3.98. The molecular formula is C23H26F3N3O5. The summed E-state index contributed by atoms with van der Waals surface area (Å²) in [4.78, 5) is 35.7.